The van der Waals surface area contributed by atoms with Gasteiger partial charge in [-0.15, -0.1) is 0 Å². The van der Waals surface area contributed by atoms with Crippen LogP contribution >= 0.6 is 0 Å². The summed E-state index contributed by atoms with van der Waals surface area (Å²) in [5.74, 6) is 0.730. The predicted octanol–water partition coefficient (Wildman–Crippen LogP) is 5.67. The summed E-state index contributed by atoms with van der Waals surface area (Å²) < 4.78 is 15.9. The van der Waals surface area contributed by atoms with Crippen molar-refractivity contribution in [3.63, 3.8) is 0 Å². The zero-order valence-electron chi connectivity index (χ0n) is 18.0. The third kappa shape index (κ3) is 6.19. The second-order valence-corrected chi connectivity index (χ2v) is 7.36. The zero-order valence-corrected chi connectivity index (χ0v) is 18.0. The van der Waals surface area contributed by atoms with Crippen LogP contribution in [0.5, 0.6) is 11.5 Å². The molecule has 5 nitrogen and oxygen atoms in total. The van der Waals surface area contributed by atoms with Crippen LogP contribution < -0.4 is 9.47 Å². The van der Waals surface area contributed by atoms with Gasteiger partial charge >= 0.3 is 11.9 Å². The molecule has 0 aliphatic carbocycles. The maximum atomic E-state index is 12.5. The fourth-order valence-electron chi connectivity index (χ4n) is 2.85. The Morgan fingerprint density at radius 2 is 1.61 bits per heavy atom. The molecule has 0 aliphatic heterocycles. The quantitative estimate of drug-likeness (QED) is 0.268. The highest BCUT2D eigenvalue weighted by molar-refractivity contribution is 5.96. The molecule has 31 heavy (non-hydrogen) atoms. The van der Waals surface area contributed by atoms with Crippen molar-refractivity contribution in [3.05, 3.63) is 77.9 Å². The molecule has 3 aromatic rings. The van der Waals surface area contributed by atoms with E-state index in [0.29, 0.717) is 23.8 Å². The Kier molecular flexibility index (Phi) is 7.44. The molecule has 0 aromatic heterocycles. The van der Waals surface area contributed by atoms with E-state index in [0.717, 1.165) is 28.5 Å². The number of carbonyl (C=O) groups is 2. The molecular formula is C26H26O5. The van der Waals surface area contributed by atoms with Crippen LogP contribution in [0.4, 0.5) is 0 Å². The van der Waals surface area contributed by atoms with Crippen LogP contribution in [0, 0.1) is 5.92 Å². The molecule has 0 aliphatic rings. The van der Waals surface area contributed by atoms with E-state index in [9.17, 15) is 9.59 Å². The number of ether oxygens (including phenoxy) is 3. The number of esters is 2. The van der Waals surface area contributed by atoms with Crippen molar-refractivity contribution in [1.82, 2.24) is 0 Å². The average Bonchev–Trinajstić information content (AvgIpc) is 2.81. The molecule has 0 fully saturated rings. The van der Waals surface area contributed by atoms with Crippen LogP contribution in [0.25, 0.3) is 16.8 Å². The standard InChI is InChI=1S/C26H26O5/c1-4-18(2)17-30-25(27)14-7-19-5-11-23(12-6-19)31-26(28)22-9-8-21-16-24(29-3)13-10-20(21)15-22/h5-16,18H,4,17H2,1-3H3/b14-7+/t18-/m0/s1. The van der Waals surface area contributed by atoms with Gasteiger partial charge in [-0.2, -0.15) is 0 Å². The molecule has 1 atom stereocenters. The minimum atomic E-state index is -0.436. The number of benzene rings is 3. The Balaban J connectivity index is 1.60. The van der Waals surface area contributed by atoms with Crippen molar-refractivity contribution in [2.45, 2.75) is 20.3 Å². The fourth-order valence-corrected chi connectivity index (χ4v) is 2.85. The highest BCUT2D eigenvalue weighted by atomic mass is 16.5. The van der Waals surface area contributed by atoms with Crippen molar-refractivity contribution in [3.8, 4) is 11.5 Å². The predicted molar refractivity (Wildman–Crippen MR) is 121 cm³/mol. The van der Waals surface area contributed by atoms with Crippen molar-refractivity contribution in [2.24, 2.45) is 5.92 Å². The van der Waals surface area contributed by atoms with Gasteiger partial charge < -0.3 is 14.2 Å². The number of rotatable bonds is 8. The SMILES string of the molecule is CC[C@H](C)COC(=O)/C=C/c1ccc(OC(=O)c2ccc3cc(OC)ccc3c2)cc1. The van der Waals surface area contributed by atoms with Gasteiger partial charge in [0.05, 0.1) is 19.3 Å². The maximum Gasteiger partial charge on any atom is 0.343 e. The number of hydrogen-bond donors (Lipinski definition) is 0. The van der Waals surface area contributed by atoms with Crippen LogP contribution in [-0.2, 0) is 9.53 Å². The van der Waals surface area contributed by atoms with Gasteiger partial charge in [-0.3, -0.25) is 0 Å². The number of methoxy groups -OCH3 is 1. The first-order chi connectivity index (χ1) is 15.0. The normalized spacial score (nSPS) is 12.0. The minimum Gasteiger partial charge on any atom is -0.497 e. The van der Waals surface area contributed by atoms with Gasteiger partial charge in [-0.25, -0.2) is 9.59 Å². The molecule has 5 heteroatoms. The summed E-state index contributed by atoms with van der Waals surface area (Å²) in [6, 6.07) is 18.0. The molecule has 0 saturated carbocycles. The summed E-state index contributed by atoms with van der Waals surface area (Å²) in [6.07, 6.45) is 4.03. The van der Waals surface area contributed by atoms with E-state index in [1.807, 2.05) is 31.2 Å². The number of fused-ring (bicyclic) bond motifs is 1. The lowest BCUT2D eigenvalue weighted by Crippen LogP contribution is -2.09. The Morgan fingerprint density at radius 1 is 0.935 bits per heavy atom. The van der Waals surface area contributed by atoms with Crippen LogP contribution in [0.1, 0.15) is 36.2 Å². The van der Waals surface area contributed by atoms with Gasteiger partial charge in [0.25, 0.3) is 0 Å². The van der Waals surface area contributed by atoms with Gasteiger partial charge in [-0.1, -0.05) is 44.5 Å². The van der Waals surface area contributed by atoms with Crippen molar-refractivity contribution < 1.29 is 23.8 Å². The first kappa shape index (κ1) is 22.1. The smallest absolute Gasteiger partial charge is 0.343 e. The number of carbonyl (C=O) groups excluding carboxylic acids is 2. The second kappa shape index (κ2) is 10.4. The lowest BCUT2D eigenvalue weighted by Gasteiger charge is -2.07. The van der Waals surface area contributed by atoms with E-state index in [2.05, 4.69) is 6.92 Å². The van der Waals surface area contributed by atoms with Gasteiger partial charge in [0, 0.05) is 6.08 Å². The van der Waals surface area contributed by atoms with Crippen molar-refractivity contribution in [2.75, 3.05) is 13.7 Å². The van der Waals surface area contributed by atoms with Crippen molar-refractivity contribution in [1.29, 1.82) is 0 Å². The summed E-state index contributed by atoms with van der Waals surface area (Å²) in [5.41, 5.74) is 1.27. The third-order valence-electron chi connectivity index (χ3n) is 4.99. The fraction of sp³-hybridized carbons (Fsp3) is 0.231. The molecule has 3 aromatic carbocycles. The Labute approximate surface area is 182 Å². The first-order valence-corrected chi connectivity index (χ1v) is 10.2. The summed E-state index contributed by atoms with van der Waals surface area (Å²) in [5, 5.41) is 1.91. The van der Waals surface area contributed by atoms with Crippen LogP contribution in [0.2, 0.25) is 0 Å². The third-order valence-corrected chi connectivity index (χ3v) is 4.99. The highest BCUT2D eigenvalue weighted by Crippen LogP contribution is 2.23. The molecule has 3 rings (SSSR count). The molecule has 160 valence electrons. The molecule has 0 bridgehead atoms. The summed E-state index contributed by atoms with van der Waals surface area (Å²) in [4.78, 5) is 24.3. The highest BCUT2D eigenvalue weighted by Gasteiger charge is 2.10. The van der Waals surface area contributed by atoms with Gasteiger partial charge in [-0.05, 0) is 64.7 Å². The van der Waals surface area contributed by atoms with E-state index in [1.54, 1.807) is 49.6 Å². The maximum absolute atomic E-state index is 12.5. The largest absolute Gasteiger partial charge is 0.497 e. The lowest BCUT2D eigenvalue weighted by molar-refractivity contribution is -0.138. The van der Waals surface area contributed by atoms with Gasteiger partial charge in [0.2, 0.25) is 0 Å². The van der Waals surface area contributed by atoms with Crippen LogP contribution in [0.3, 0.4) is 0 Å². The Hall–Kier alpha value is -3.60. The summed E-state index contributed by atoms with van der Waals surface area (Å²) in [6.45, 7) is 4.50. The second-order valence-electron chi connectivity index (χ2n) is 7.36. The van der Waals surface area contributed by atoms with E-state index < -0.39 is 5.97 Å². The van der Waals surface area contributed by atoms with Crippen molar-refractivity contribution >= 4 is 28.8 Å². The van der Waals surface area contributed by atoms with E-state index in [4.69, 9.17) is 14.2 Å². The first-order valence-electron chi connectivity index (χ1n) is 10.2. The topological polar surface area (TPSA) is 61.8 Å². The monoisotopic (exact) mass is 418 g/mol. The lowest BCUT2D eigenvalue weighted by atomic mass is 10.1. The molecule has 0 radical (unpaired) electrons. The molecule has 0 saturated heterocycles. The van der Waals surface area contributed by atoms with Gasteiger partial charge in [0.15, 0.2) is 0 Å². The molecule has 0 amide bonds. The molecular weight excluding hydrogens is 392 g/mol. The molecule has 0 spiro atoms. The van der Waals surface area contributed by atoms with E-state index >= 15 is 0 Å². The summed E-state index contributed by atoms with van der Waals surface area (Å²) in [7, 11) is 1.62. The van der Waals surface area contributed by atoms with Gasteiger partial charge in [0.1, 0.15) is 11.5 Å². The van der Waals surface area contributed by atoms with E-state index in [1.165, 1.54) is 6.08 Å². The van der Waals surface area contributed by atoms with Crippen LogP contribution in [0.15, 0.2) is 66.7 Å². The Bertz CT molecular complexity index is 1080. The minimum absolute atomic E-state index is 0.344. The van der Waals surface area contributed by atoms with Crippen LogP contribution in [-0.4, -0.2) is 25.7 Å². The summed E-state index contributed by atoms with van der Waals surface area (Å²) >= 11 is 0. The number of hydrogen-bond acceptors (Lipinski definition) is 5. The Morgan fingerprint density at radius 3 is 2.32 bits per heavy atom. The molecule has 0 heterocycles. The van der Waals surface area contributed by atoms with E-state index in [-0.39, 0.29) is 5.97 Å². The average molecular weight is 418 g/mol. The molecule has 0 N–H and O–H groups in total. The zero-order chi connectivity index (χ0) is 22.2. The molecule has 0 unspecified atom stereocenters.